The first kappa shape index (κ1) is 24.0. The van der Waals surface area contributed by atoms with E-state index in [0.29, 0.717) is 24.4 Å². The van der Waals surface area contributed by atoms with Crippen molar-refractivity contribution < 1.29 is 24.2 Å². The molecule has 0 unspecified atom stereocenters. The van der Waals surface area contributed by atoms with Crippen LogP contribution < -0.4 is 15.4 Å². The van der Waals surface area contributed by atoms with Crippen molar-refractivity contribution in [1.29, 1.82) is 0 Å². The molecular formula is C28H29N3O5. The maximum absolute atomic E-state index is 12.6. The third kappa shape index (κ3) is 5.56. The van der Waals surface area contributed by atoms with Crippen LogP contribution in [0.1, 0.15) is 35.4 Å². The molecule has 1 saturated heterocycles. The van der Waals surface area contributed by atoms with E-state index in [9.17, 15) is 14.7 Å². The summed E-state index contributed by atoms with van der Waals surface area (Å²) < 4.78 is 12.2. The quantitative estimate of drug-likeness (QED) is 0.451. The Hall–Kier alpha value is -3.75. The molecule has 2 aromatic carbocycles. The van der Waals surface area contributed by atoms with Gasteiger partial charge in [0.15, 0.2) is 0 Å². The second-order valence-electron chi connectivity index (χ2n) is 9.20. The Morgan fingerprint density at radius 1 is 1.00 bits per heavy atom. The number of rotatable bonds is 8. The highest BCUT2D eigenvalue weighted by Gasteiger charge is 2.46. The van der Waals surface area contributed by atoms with Gasteiger partial charge in [-0.25, -0.2) is 0 Å². The number of aromatic nitrogens is 1. The van der Waals surface area contributed by atoms with Gasteiger partial charge in [0.05, 0.1) is 25.6 Å². The van der Waals surface area contributed by atoms with Gasteiger partial charge >= 0.3 is 0 Å². The van der Waals surface area contributed by atoms with Gasteiger partial charge in [0.1, 0.15) is 18.0 Å². The van der Waals surface area contributed by atoms with Crippen molar-refractivity contribution >= 4 is 17.5 Å². The van der Waals surface area contributed by atoms with Gasteiger partial charge in [0.2, 0.25) is 11.8 Å². The molecule has 2 aliphatic heterocycles. The molecule has 3 heterocycles. The maximum Gasteiger partial charge on any atom is 0.228 e. The first-order chi connectivity index (χ1) is 17.6. The SMILES string of the molecule is O=C(C[C@@H]1C[C@@H]2c3cc(NC(=O)Cc4ccncc4)ccc3O[C@@H]2[C@H](CO)O1)NCc1ccccc1. The molecule has 186 valence electrons. The van der Waals surface area contributed by atoms with Crippen LogP contribution in [0.5, 0.6) is 5.75 Å². The topological polar surface area (TPSA) is 110 Å². The molecule has 2 aliphatic rings. The van der Waals surface area contributed by atoms with Gasteiger partial charge in [0, 0.05) is 36.1 Å². The molecular weight excluding hydrogens is 458 g/mol. The summed E-state index contributed by atoms with van der Waals surface area (Å²) in [6, 6.07) is 18.9. The Bertz CT molecular complexity index is 1200. The van der Waals surface area contributed by atoms with E-state index in [2.05, 4.69) is 15.6 Å². The van der Waals surface area contributed by atoms with E-state index in [0.717, 1.165) is 16.7 Å². The summed E-state index contributed by atoms with van der Waals surface area (Å²) >= 11 is 0. The van der Waals surface area contributed by atoms with E-state index in [4.69, 9.17) is 9.47 Å². The maximum atomic E-state index is 12.6. The van der Waals surface area contributed by atoms with Crippen LogP contribution in [0.3, 0.4) is 0 Å². The van der Waals surface area contributed by atoms with Crippen molar-refractivity contribution in [1.82, 2.24) is 10.3 Å². The van der Waals surface area contributed by atoms with Crippen molar-refractivity contribution in [2.24, 2.45) is 0 Å². The molecule has 0 radical (unpaired) electrons. The molecule has 4 atom stereocenters. The number of pyridine rings is 1. The van der Waals surface area contributed by atoms with Crippen LogP contribution in [0.4, 0.5) is 5.69 Å². The molecule has 1 aromatic heterocycles. The smallest absolute Gasteiger partial charge is 0.228 e. The zero-order chi connectivity index (χ0) is 24.9. The number of hydrogen-bond donors (Lipinski definition) is 3. The van der Waals surface area contributed by atoms with Gasteiger partial charge in [-0.3, -0.25) is 14.6 Å². The summed E-state index contributed by atoms with van der Waals surface area (Å²) in [5.74, 6) is 0.447. The number of fused-ring (bicyclic) bond motifs is 3. The van der Waals surface area contributed by atoms with E-state index in [1.165, 1.54) is 0 Å². The summed E-state index contributed by atoms with van der Waals surface area (Å²) in [7, 11) is 0. The summed E-state index contributed by atoms with van der Waals surface area (Å²) in [4.78, 5) is 29.1. The summed E-state index contributed by atoms with van der Waals surface area (Å²) in [6.07, 6.45) is 3.14. The van der Waals surface area contributed by atoms with E-state index in [-0.39, 0.29) is 49.4 Å². The minimum absolute atomic E-state index is 0.0464. The first-order valence-electron chi connectivity index (χ1n) is 12.2. The minimum atomic E-state index is -0.534. The number of carbonyl (C=O) groups excluding carboxylic acids is 2. The predicted molar refractivity (Wildman–Crippen MR) is 133 cm³/mol. The largest absolute Gasteiger partial charge is 0.487 e. The Labute approximate surface area is 209 Å². The van der Waals surface area contributed by atoms with Gasteiger partial charge in [-0.1, -0.05) is 30.3 Å². The molecule has 0 aliphatic carbocycles. The standard InChI is InChI=1S/C28H29N3O5/c32-17-25-28-23(14-21(35-25)15-26(33)30-16-19-4-2-1-3-5-19)22-13-20(6-7-24(22)36-28)31-27(34)12-18-8-10-29-11-9-18/h1-11,13,21,23,25,28,32H,12,14-17H2,(H,30,33)(H,31,34)/t21-,23+,25-,28-/m0/s1. The lowest BCUT2D eigenvalue weighted by atomic mass is 9.84. The molecule has 5 rings (SSSR count). The zero-order valence-corrected chi connectivity index (χ0v) is 19.8. The average molecular weight is 488 g/mol. The highest BCUT2D eigenvalue weighted by Crippen LogP contribution is 2.47. The lowest BCUT2D eigenvalue weighted by Crippen LogP contribution is -2.47. The number of nitrogens with one attached hydrogen (secondary N) is 2. The van der Waals surface area contributed by atoms with Crippen LogP contribution in [0.15, 0.2) is 73.1 Å². The molecule has 1 fully saturated rings. The Balaban J connectivity index is 1.24. The molecule has 3 aromatic rings. The van der Waals surface area contributed by atoms with Crippen molar-refractivity contribution in [3.8, 4) is 5.75 Å². The van der Waals surface area contributed by atoms with Crippen LogP contribution in [0, 0.1) is 0 Å². The fraction of sp³-hybridized carbons (Fsp3) is 0.321. The second kappa shape index (κ2) is 10.9. The summed E-state index contributed by atoms with van der Waals surface area (Å²) in [5, 5.41) is 15.9. The highest BCUT2D eigenvalue weighted by atomic mass is 16.6. The van der Waals surface area contributed by atoms with Crippen molar-refractivity contribution in [3.05, 3.63) is 89.7 Å². The van der Waals surface area contributed by atoms with E-state index in [1.54, 1.807) is 12.4 Å². The third-order valence-electron chi connectivity index (χ3n) is 6.64. The molecule has 36 heavy (non-hydrogen) atoms. The fourth-order valence-electron chi connectivity index (χ4n) is 4.93. The number of ether oxygens (including phenoxy) is 2. The monoisotopic (exact) mass is 487 g/mol. The first-order valence-corrected chi connectivity index (χ1v) is 12.2. The number of anilines is 1. The van der Waals surface area contributed by atoms with Crippen LogP contribution in [-0.4, -0.2) is 46.8 Å². The highest BCUT2D eigenvalue weighted by molar-refractivity contribution is 5.92. The molecule has 2 amide bonds. The van der Waals surface area contributed by atoms with Crippen LogP contribution in [-0.2, 0) is 27.3 Å². The molecule has 0 saturated carbocycles. The van der Waals surface area contributed by atoms with E-state index >= 15 is 0 Å². The average Bonchev–Trinajstić information content (AvgIpc) is 3.26. The van der Waals surface area contributed by atoms with E-state index < -0.39 is 6.10 Å². The molecule has 0 spiro atoms. The van der Waals surface area contributed by atoms with Gasteiger partial charge in [-0.2, -0.15) is 0 Å². The van der Waals surface area contributed by atoms with Gasteiger partial charge in [0.25, 0.3) is 0 Å². The number of aliphatic hydroxyl groups excluding tert-OH is 1. The summed E-state index contributed by atoms with van der Waals surface area (Å²) in [6.45, 7) is 0.253. The number of hydrogen-bond acceptors (Lipinski definition) is 6. The van der Waals surface area contributed by atoms with Crippen molar-refractivity contribution in [2.45, 2.75) is 50.0 Å². The van der Waals surface area contributed by atoms with Crippen molar-refractivity contribution in [2.75, 3.05) is 11.9 Å². The predicted octanol–water partition coefficient (Wildman–Crippen LogP) is 2.96. The lowest BCUT2D eigenvalue weighted by Gasteiger charge is -2.37. The Kier molecular flexibility index (Phi) is 7.25. The number of carbonyl (C=O) groups is 2. The Morgan fingerprint density at radius 3 is 2.58 bits per heavy atom. The Morgan fingerprint density at radius 2 is 1.81 bits per heavy atom. The number of benzene rings is 2. The minimum Gasteiger partial charge on any atom is -0.487 e. The van der Waals surface area contributed by atoms with Crippen LogP contribution in [0.2, 0.25) is 0 Å². The normalized spacial score (nSPS) is 22.1. The summed E-state index contributed by atoms with van der Waals surface area (Å²) in [5.41, 5.74) is 3.55. The second-order valence-corrected chi connectivity index (χ2v) is 9.20. The molecule has 8 heteroatoms. The third-order valence-corrected chi connectivity index (χ3v) is 6.64. The lowest BCUT2D eigenvalue weighted by molar-refractivity contribution is -0.142. The number of amides is 2. The van der Waals surface area contributed by atoms with Gasteiger partial charge < -0.3 is 25.2 Å². The van der Waals surface area contributed by atoms with Gasteiger partial charge in [-0.05, 0) is 47.9 Å². The van der Waals surface area contributed by atoms with Gasteiger partial charge in [-0.15, -0.1) is 0 Å². The van der Waals surface area contributed by atoms with Crippen LogP contribution in [0.25, 0.3) is 0 Å². The molecule has 0 bridgehead atoms. The van der Waals surface area contributed by atoms with E-state index in [1.807, 2.05) is 60.7 Å². The fourth-order valence-corrected chi connectivity index (χ4v) is 4.93. The van der Waals surface area contributed by atoms with Crippen molar-refractivity contribution in [3.63, 3.8) is 0 Å². The number of aliphatic hydroxyl groups is 1. The molecule has 8 nitrogen and oxygen atoms in total. The molecule has 3 N–H and O–H groups in total. The number of nitrogens with zero attached hydrogens (tertiary/aromatic N) is 1. The zero-order valence-electron chi connectivity index (χ0n) is 19.8. The van der Waals surface area contributed by atoms with Crippen LogP contribution >= 0.6 is 0 Å².